The third-order valence-corrected chi connectivity index (χ3v) is 3.42. The zero-order valence-electron chi connectivity index (χ0n) is 6.84. The molecule has 0 aromatic rings. The second kappa shape index (κ2) is 2.96. The van der Waals surface area contributed by atoms with E-state index in [1.807, 2.05) is 0 Å². The summed E-state index contributed by atoms with van der Waals surface area (Å²) < 4.78 is 2.17. The Morgan fingerprint density at radius 2 is 1.91 bits per heavy atom. The predicted molar refractivity (Wildman–Crippen MR) is 49.7 cm³/mol. The number of rotatable bonds is 0. The van der Waals surface area contributed by atoms with E-state index in [-0.39, 0.29) is 0 Å². The van der Waals surface area contributed by atoms with Gasteiger partial charge in [-0.1, -0.05) is 12.8 Å². The Kier molecular flexibility index (Phi) is 2.12. The van der Waals surface area contributed by atoms with Gasteiger partial charge in [0.05, 0.1) is 0 Å². The molecule has 0 atom stereocenters. The molecule has 1 N–H and O–H groups in total. The molecular formula is C8H16N2S. The molecule has 2 saturated heterocycles. The van der Waals surface area contributed by atoms with Crippen molar-refractivity contribution in [1.29, 1.82) is 0 Å². The van der Waals surface area contributed by atoms with E-state index in [9.17, 15) is 0 Å². The third-order valence-electron chi connectivity index (χ3n) is 3.08. The second-order valence-electron chi connectivity index (χ2n) is 3.89. The quantitative estimate of drug-likeness (QED) is 0.528. The van der Waals surface area contributed by atoms with E-state index in [0.717, 1.165) is 0 Å². The van der Waals surface area contributed by atoms with Crippen LogP contribution < -0.4 is 5.32 Å². The van der Waals surface area contributed by atoms with Crippen molar-refractivity contribution in [3.05, 3.63) is 0 Å². The number of hydrogen-bond acceptors (Lipinski definition) is 3. The fraction of sp³-hybridized carbons (Fsp3) is 1.00. The smallest absolute Gasteiger partial charge is 0.0145 e. The molecule has 0 unspecified atom stereocenters. The molecule has 3 heteroatoms. The van der Waals surface area contributed by atoms with E-state index in [0.29, 0.717) is 5.41 Å². The van der Waals surface area contributed by atoms with Gasteiger partial charge in [0.1, 0.15) is 0 Å². The van der Waals surface area contributed by atoms with Gasteiger partial charge in [0.2, 0.25) is 0 Å². The van der Waals surface area contributed by atoms with Crippen LogP contribution >= 0.6 is 12.8 Å². The SMILES string of the molecule is SN1CCC2(CCNCC2)C1. The first-order valence-electron chi connectivity index (χ1n) is 4.45. The summed E-state index contributed by atoms with van der Waals surface area (Å²) >= 11 is 4.39. The lowest BCUT2D eigenvalue weighted by Crippen LogP contribution is -2.37. The van der Waals surface area contributed by atoms with Gasteiger partial charge in [-0.25, -0.2) is 0 Å². The highest BCUT2D eigenvalue weighted by atomic mass is 32.1. The van der Waals surface area contributed by atoms with E-state index in [4.69, 9.17) is 0 Å². The second-order valence-corrected chi connectivity index (χ2v) is 4.45. The van der Waals surface area contributed by atoms with Gasteiger partial charge >= 0.3 is 0 Å². The van der Waals surface area contributed by atoms with Crippen LogP contribution in [0.25, 0.3) is 0 Å². The minimum absolute atomic E-state index is 0.632. The Morgan fingerprint density at radius 1 is 1.18 bits per heavy atom. The molecular weight excluding hydrogens is 156 g/mol. The average molecular weight is 172 g/mol. The largest absolute Gasteiger partial charge is 0.317 e. The molecule has 2 heterocycles. The van der Waals surface area contributed by atoms with E-state index in [1.54, 1.807) is 0 Å². The fourth-order valence-electron chi connectivity index (χ4n) is 2.28. The van der Waals surface area contributed by atoms with Crippen molar-refractivity contribution in [3.63, 3.8) is 0 Å². The van der Waals surface area contributed by atoms with Crippen LogP contribution in [0.3, 0.4) is 0 Å². The van der Waals surface area contributed by atoms with Crippen molar-refractivity contribution >= 4 is 12.8 Å². The molecule has 2 aliphatic rings. The summed E-state index contributed by atoms with van der Waals surface area (Å²) in [5.74, 6) is 0. The van der Waals surface area contributed by atoms with Crippen molar-refractivity contribution in [2.24, 2.45) is 5.41 Å². The summed E-state index contributed by atoms with van der Waals surface area (Å²) in [5, 5.41) is 3.41. The van der Waals surface area contributed by atoms with Crippen LogP contribution in [0.5, 0.6) is 0 Å². The monoisotopic (exact) mass is 172 g/mol. The molecule has 2 fully saturated rings. The minimum atomic E-state index is 0.632. The van der Waals surface area contributed by atoms with Crippen LogP contribution in [0.4, 0.5) is 0 Å². The van der Waals surface area contributed by atoms with Crippen LogP contribution in [0.15, 0.2) is 0 Å². The molecule has 0 radical (unpaired) electrons. The van der Waals surface area contributed by atoms with Crippen LogP contribution in [0.2, 0.25) is 0 Å². The van der Waals surface area contributed by atoms with E-state index >= 15 is 0 Å². The number of nitrogens with zero attached hydrogens (tertiary/aromatic N) is 1. The van der Waals surface area contributed by atoms with Crippen LogP contribution in [-0.2, 0) is 0 Å². The summed E-state index contributed by atoms with van der Waals surface area (Å²) in [5.41, 5.74) is 0.632. The van der Waals surface area contributed by atoms with Crippen LogP contribution in [0, 0.1) is 5.41 Å². The average Bonchev–Trinajstić information content (AvgIpc) is 2.34. The molecule has 0 amide bonds. The lowest BCUT2D eigenvalue weighted by Gasteiger charge is -2.33. The Labute approximate surface area is 73.9 Å². The summed E-state index contributed by atoms with van der Waals surface area (Å²) in [6.45, 7) is 4.81. The van der Waals surface area contributed by atoms with Crippen LogP contribution in [0.1, 0.15) is 19.3 Å². The molecule has 0 bridgehead atoms. The highest BCUT2D eigenvalue weighted by Gasteiger charge is 2.37. The topological polar surface area (TPSA) is 15.3 Å². The molecule has 2 nitrogen and oxygen atoms in total. The number of hydrogen-bond donors (Lipinski definition) is 2. The van der Waals surface area contributed by atoms with Crippen molar-refractivity contribution in [2.45, 2.75) is 19.3 Å². The minimum Gasteiger partial charge on any atom is -0.317 e. The maximum absolute atomic E-state index is 4.39. The van der Waals surface area contributed by atoms with Gasteiger partial charge in [-0.15, -0.1) is 0 Å². The molecule has 0 aliphatic carbocycles. The van der Waals surface area contributed by atoms with Gasteiger partial charge in [0, 0.05) is 13.1 Å². The third kappa shape index (κ3) is 1.55. The molecule has 64 valence electrons. The molecule has 0 aromatic heterocycles. The predicted octanol–water partition coefficient (Wildman–Crippen LogP) is 0.907. The van der Waals surface area contributed by atoms with Crippen molar-refractivity contribution in [3.8, 4) is 0 Å². The summed E-state index contributed by atoms with van der Waals surface area (Å²) in [6, 6.07) is 0. The van der Waals surface area contributed by atoms with Crippen molar-refractivity contribution < 1.29 is 0 Å². The molecule has 1 spiro atoms. The summed E-state index contributed by atoms with van der Waals surface area (Å²) in [4.78, 5) is 0. The van der Waals surface area contributed by atoms with E-state index in [2.05, 4.69) is 22.4 Å². The van der Waals surface area contributed by atoms with Crippen LogP contribution in [-0.4, -0.2) is 30.5 Å². The zero-order chi connectivity index (χ0) is 7.73. The first-order valence-corrected chi connectivity index (χ1v) is 4.85. The van der Waals surface area contributed by atoms with Crippen molar-refractivity contribution in [2.75, 3.05) is 26.2 Å². The Bertz CT molecular complexity index is 138. The van der Waals surface area contributed by atoms with Crippen molar-refractivity contribution in [1.82, 2.24) is 9.62 Å². The van der Waals surface area contributed by atoms with Gasteiger partial charge in [0.15, 0.2) is 0 Å². The maximum Gasteiger partial charge on any atom is 0.0145 e. The molecule has 0 aromatic carbocycles. The van der Waals surface area contributed by atoms with Gasteiger partial charge in [-0.05, 0) is 37.8 Å². The van der Waals surface area contributed by atoms with Gasteiger partial charge in [0.25, 0.3) is 0 Å². The molecule has 2 rings (SSSR count). The number of piperidine rings is 1. The summed E-state index contributed by atoms with van der Waals surface area (Å²) in [6.07, 6.45) is 4.06. The maximum atomic E-state index is 4.39. The van der Waals surface area contributed by atoms with Gasteiger partial charge in [-0.2, -0.15) is 0 Å². The summed E-state index contributed by atoms with van der Waals surface area (Å²) in [7, 11) is 0. The number of thiol groups is 1. The molecule has 2 aliphatic heterocycles. The van der Waals surface area contributed by atoms with Gasteiger partial charge in [-0.3, -0.25) is 4.31 Å². The Morgan fingerprint density at radius 3 is 2.45 bits per heavy atom. The standard InChI is InChI=1S/C8H16N2S/c11-10-6-3-8(7-10)1-4-9-5-2-8/h9,11H,1-7H2. The lowest BCUT2D eigenvalue weighted by molar-refractivity contribution is 0.221. The molecule has 0 saturated carbocycles. The van der Waals surface area contributed by atoms with E-state index < -0.39 is 0 Å². The lowest BCUT2D eigenvalue weighted by atomic mass is 9.78. The normalized spacial score (nSPS) is 31.4. The Hall–Kier alpha value is 0.270. The zero-order valence-corrected chi connectivity index (χ0v) is 7.74. The number of nitrogens with one attached hydrogen (secondary N) is 1. The highest BCUT2D eigenvalue weighted by molar-refractivity contribution is 7.77. The highest BCUT2D eigenvalue weighted by Crippen LogP contribution is 2.38. The van der Waals surface area contributed by atoms with Gasteiger partial charge < -0.3 is 5.32 Å². The molecule has 11 heavy (non-hydrogen) atoms. The first-order chi connectivity index (χ1) is 5.31. The Balaban J connectivity index is 1.98. The fourth-order valence-corrected chi connectivity index (χ4v) is 2.68. The first kappa shape index (κ1) is 7.90. The van der Waals surface area contributed by atoms with E-state index in [1.165, 1.54) is 45.4 Å².